The topological polar surface area (TPSA) is 105 Å². The van der Waals surface area contributed by atoms with Crippen LogP contribution in [0, 0.1) is 0 Å². The predicted molar refractivity (Wildman–Crippen MR) is 96.7 cm³/mol. The summed E-state index contributed by atoms with van der Waals surface area (Å²) in [4.78, 5) is 38.1. The summed E-state index contributed by atoms with van der Waals surface area (Å²) >= 11 is 0. The van der Waals surface area contributed by atoms with E-state index in [1.807, 2.05) is 0 Å². The molecule has 0 radical (unpaired) electrons. The summed E-state index contributed by atoms with van der Waals surface area (Å²) in [5.74, 6) is -1.01. The van der Waals surface area contributed by atoms with Gasteiger partial charge in [0.1, 0.15) is 11.3 Å². The first kappa shape index (κ1) is 18.0. The number of barbiturate groups is 1. The van der Waals surface area contributed by atoms with Gasteiger partial charge in [0.05, 0.1) is 19.9 Å². The predicted octanol–water partition coefficient (Wildman–Crippen LogP) is 2.08. The van der Waals surface area contributed by atoms with Crippen molar-refractivity contribution in [3.05, 3.63) is 53.6 Å². The molecule has 1 aliphatic rings. The third kappa shape index (κ3) is 3.45. The SMILES string of the molecule is COc1cccc(N2C(=O)NC(=O)C(=Cc3ccc(O)c(OC)c3)C2=O)c1. The lowest BCUT2D eigenvalue weighted by atomic mass is 10.1. The molecule has 0 saturated carbocycles. The Bertz CT molecular complexity index is 966. The van der Waals surface area contributed by atoms with Crippen molar-refractivity contribution in [2.24, 2.45) is 0 Å². The van der Waals surface area contributed by atoms with Gasteiger partial charge in [-0.05, 0) is 35.9 Å². The van der Waals surface area contributed by atoms with Gasteiger partial charge < -0.3 is 14.6 Å². The molecular formula is C19H16N2O6. The van der Waals surface area contributed by atoms with Gasteiger partial charge in [0.2, 0.25) is 0 Å². The van der Waals surface area contributed by atoms with Crippen molar-refractivity contribution < 1.29 is 29.0 Å². The summed E-state index contributed by atoms with van der Waals surface area (Å²) in [6.45, 7) is 0. The van der Waals surface area contributed by atoms with E-state index in [1.165, 1.54) is 44.6 Å². The molecule has 0 atom stereocenters. The first-order chi connectivity index (χ1) is 12.9. The molecule has 1 heterocycles. The molecule has 27 heavy (non-hydrogen) atoms. The number of phenolic OH excluding ortho intramolecular Hbond substituents is 1. The zero-order chi connectivity index (χ0) is 19.6. The van der Waals surface area contributed by atoms with Crippen molar-refractivity contribution >= 4 is 29.6 Å². The maximum Gasteiger partial charge on any atom is 0.335 e. The Labute approximate surface area is 154 Å². The van der Waals surface area contributed by atoms with Crippen LogP contribution in [0.2, 0.25) is 0 Å². The van der Waals surface area contributed by atoms with E-state index < -0.39 is 17.8 Å². The molecule has 0 aromatic heterocycles. The molecule has 8 nitrogen and oxygen atoms in total. The van der Waals surface area contributed by atoms with Crippen LogP contribution in [0.3, 0.4) is 0 Å². The highest BCUT2D eigenvalue weighted by atomic mass is 16.5. The number of nitrogens with one attached hydrogen (secondary N) is 1. The number of phenols is 1. The first-order valence-electron chi connectivity index (χ1n) is 7.87. The number of ether oxygens (including phenoxy) is 2. The van der Waals surface area contributed by atoms with E-state index in [0.29, 0.717) is 11.3 Å². The van der Waals surface area contributed by atoms with Gasteiger partial charge in [-0.3, -0.25) is 14.9 Å². The van der Waals surface area contributed by atoms with E-state index >= 15 is 0 Å². The fourth-order valence-corrected chi connectivity index (χ4v) is 2.59. The third-order valence-electron chi connectivity index (χ3n) is 3.93. The first-order valence-corrected chi connectivity index (χ1v) is 7.87. The van der Waals surface area contributed by atoms with Crippen LogP contribution in [0.25, 0.3) is 6.08 Å². The van der Waals surface area contributed by atoms with Crippen LogP contribution in [0.15, 0.2) is 48.0 Å². The molecule has 1 saturated heterocycles. The Morgan fingerprint density at radius 1 is 1.04 bits per heavy atom. The van der Waals surface area contributed by atoms with Crippen LogP contribution < -0.4 is 19.7 Å². The number of rotatable bonds is 4. The van der Waals surface area contributed by atoms with Crippen molar-refractivity contribution in [1.29, 1.82) is 0 Å². The quantitative estimate of drug-likeness (QED) is 0.632. The maximum atomic E-state index is 12.8. The number of nitrogens with zero attached hydrogens (tertiary/aromatic N) is 1. The number of urea groups is 1. The van der Waals surface area contributed by atoms with E-state index in [0.717, 1.165) is 4.90 Å². The van der Waals surface area contributed by atoms with Crippen molar-refractivity contribution in [2.75, 3.05) is 19.1 Å². The lowest BCUT2D eigenvalue weighted by Crippen LogP contribution is -2.54. The molecule has 0 unspecified atom stereocenters. The van der Waals surface area contributed by atoms with E-state index in [9.17, 15) is 19.5 Å². The highest BCUT2D eigenvalue weighted by Gasteiger charge is 2.36. The van der Waals surface area contributed by atoms with E-state index in [2.05, 4.69) is 5.32 Å². The molecule has 8 heteroatoms. The number of amides is 4. The molecule has 3 rings (SSSR count). The number of methoxy groups -OCH3 is 2. The van der Waals surface area contributed by atoms with Gasteiger partial charge in [-0.2, -0.15) is 0 Å². The Morgan fingerprint density at radius 3 is 2.52 bits per heavy atom. The molecule has 1 fully saturated rings. The summed E-state index contributed by atoms with van der Waals surface area (Å²) in [7, 11) is 2.85. The van der Waals surface area contributed by atoms with Gasteiger partial charge in [-0.25, -0.2) is 9.69 Å². The molecule has 2 aromatic carbocycles. The molecule has 138 valence electrons. The number of aromatic hydroxyl groups is 1. The molecule has 1 aliphatic heterocycles. The van der Waals surface area contributed by atoms with Crippen LogP contribution in [0.5, 0.6) is 17.2 Å². The van der Waals surface area contributed by atoms with Gasteiger partial charge in [0, 0.05) is 6.07 Å². The molecule has 4 amide bonds. The van der Waals surface area contributed by atoms with Crippen LogP contribution in [0.4, 0.5) is 10.5 Å². The lowest BCUT2D eigenvalue weighted by molar-refractivity contribution is -0.122. The average Bonchev–Trinajstić information content (AvgIpc) is 2.66. The van der Waals surface area contributed by atoms with Crippen molar-refractivity contribution in [3.63, 3.8) is 0 Å². The van der Waals surface area contributed by atoms with Gasteiger partial charge in [0.15, 0.2) is 11.5 Å². The van der Waals surface area contributed by atoms with Crippen LogP contribution in [-0.4, -0.2) is 37.2 Å². The zero-order valence-corrected chi connectivity index (χ0v) is 14.6. The van der Waals surface area contributed by atoms with Crippen molar-refractivity contribution in [1.82, 2.24) is 5.32 Å². The van der Waals surface area contributed by atoms with Crippen molar-refractivity contribution in [2.45, 2.75) is 0 Å². The number of carbonyl (C=O) groups excluding carboxylic acids is 3. The van der Waals surface area contributed by atoms with Crippen LogP contribution in [0.1, 0.15) is 5.56 Å². The average molecular weight is 368 g/mol. The standard InChI is InChI=1S/C19H16N2O6/c1-26-13-5-3-4-12(10-13)21-18(24)14(17(23)20-19(21)25)8-11-6-7-15(22)16(9-11)27-2/h3-10,22H,1-2H3,(H,20,23,25). The minimum absolute atomic E-state index is 0.0766. The molecule has 0 aliphatic carbocycles. The molecule has 0 spiro atoms. The number of carbonyl (C=O) groups is 3. The number of imide groups is 2. The summed E-state index contributed by atoms with van der Waals surface area (Å²) in [5, 5.41) is 11.8. The zero-order valence-electron chi connectivity index (χ0n) is 14.6. The summed E-state index contributed by atoms with van der Waals surface area (Å²) in [5.41, 5.74) is 0.479. The van der Waals surface area contributed by atoms with E-state index in [1.54, 1.807) is 18.2 Å². The largest absolute Gasteiger partial charge is 0.504 e. The summed E-state index contributed by atoms with van der Waals surface area (Å²) < 4.78 is 10.1. The third-order valence-corrected chi connectivity index (χ3v) is 3.93. The van der Waals surface area contributed by atoms with Crippen molar-refractivity contribution in [3.8, 4) is 17.2 Å². The Kier molecular flexibility index (Phi) is 4.80. The highest BCUT2D eigenvalue weighted by Crippen LogP contribution is 2.29. The molecule has 2 N–H and O–H groups in total. The lowest BCUT2D eigenvalue weighted by Gasteiger charge is -2.26. The van der Waals surface area contributed by atoms with Gasteiger partial charge in [0.25, 0.3) is 11.8 Å². The van der Waals surface area contributed by atoms with Crippen LogP contribution >= 0.6 is 0 Å². The van der Waals surface area contributed by atoms with Gasteiger partial charge in [-0.15, -0.1) is 0 Å². The molecular weight excluding hydrogens is 352 g/mol. The number of hydrogen-bond acceptors (Lipinski definition) is 6. The second kappa shape index (κ2) is 7.20. The minimum Gasteiger partial charge on any atom is -0.504 e. The van der Waals surface area contributed by atoms with E-state index in [4.69, 9.17) is 9.47 Å². The Balaban J connectivity index is 2.02. The van der Waals surface area contributed by atoms with Gasteiger partial charge in [-0.1, -0.05) is 12.1 Å². The van der Waals surface area contributed by atoms with Crippen LogP contribution in [-0.2, 0) is 9.59 Å². The Morgan fingerprint density at radius 2 is 1.81 bits per heavy atom. The normalized spacial score (nSPS) is 15.7. The summed E-state index contributed by atoms with van der Waals surface area (Å²) in [6, 6.07) is 9.86. The van der Waals surface area contributed by atoms with Gasteiger partial charge >= 0.3 is 6.03 Å². The smallest absolute Gasteiger partial charge is 0.335 e. The maximum absolute atomic E-state index is 12.8. The van der Waals surface area contributed by atoms with E-state index in [-0.39, 0.29) is 22.8 Å². The fraction of sp³-hybridized carbons (Fsp3) is 0.105. The fourth-order valence-electron chi connectivity index (χ4n) is 2.59. The number of anilines is 1. The number of benzene rings is 2. The highest BCUT2D eigenvalue weighted by molar-refractivity contribution is 6.39. The molecule has 2 aromatic rings. The second-order valence-corrected chi connectivity index (χ2v) is 5.59. The summed E-state index contributed by atoms with van der Waals surface area (Å²) in [6.07, 6.45) is 1.32. The molecule has 0 bridgehead atoms. The second-order valence-electron chi connectivity index (χ2n) is 5.59. The minimum atomic E-state index is -0.848. The monoisotopic (exact) mass is 368 g/mol. The number of hydrogen-bond donors (Lipinski definition) is 2. The Hall–Kier alpha value is -3.81.